The van der Waals surface area contributed by atoms with Crippen molar-refractivity contribution in [3.63, 3.8) is 0 Å². The van der Waals surface area contributed by atoms with E-state index < -0.39 is 11.2 Å². The summed E-state index contributed by atoms with van der Waals surface area (Å²) in [4.78, 5) is 13.2. The van der Waals surface area contributed by atoms with Crippen LogP contribution in [0.5, 0.6) is 5.75 Å². The highest BCUT2D eigenvalue weighted by Crippen LogP contribution is 2.49. The van der Waals surface area contributed by atoms with Crippen LogP contribution in [0.2, 0.25) is 5.02 Å². The fourth-order valence-corrected chi connectivity index (χ4v) is 8.22. The summed E-state index contributed by atoms with van der Waals surface area (Å²) >= 11 is 4.96. The number of nitrogens with one attached hydrogen (secondary N) is 1. The quantitative estimate of drug-likeness (QED) is 0.223. The maximum Gasteiger partial charge on any atom is 0.219 e. The van der Waals surface area contributed by atoms with Crippen molar-refractivity contribution in [1.82, 2.24) is 9.03 Å². The lowest BCUT2D eigenvalue weighted by Gasteiger charge is -2.54. The molecule has 1 N–H and O–H groups in total. The van der Waals surface area contributed by atoms with Crippen LogP contribution in [0.1, 0.15) is 62.1 Å². The molecule has 1 fully saturated rings. The van der Waals surface area contributed by atoms with Crippen LogP contribution in [0.25, 0.3) is 0 Å². The van der Waals surface area contributed by atoms with Crippen molar-refractivity contribution >= 4 is 34.9 Å². The van der Waals surface area contributed by atoms with Crippen molar-refractivity contribution < 1.29 is 18.5 Å². The fraction of sp³-hybridized carbons (Fsp3) is 0.545. The van der Waals surface area contributed by atoms with Crippen molar-refractivity contribution in [2.45, 2.75) is 64.9 Å². The summed E-state index contributed by atoms with van der Waals surface area (Å²) in [7, 11) is 1.82. The number of carbonyl (C=O) groups is 1. The number of nitrogens with zero attached hydrogens (tertiary/aromatic N) is 2. The zero-order valence-electron chi connectivity index (χ0n) is 25.2. The SMILES string of the molecule is CCCc1cc(Cl)ccc1C1COc2ccc(C)cc2N(CCC(CC)C(OC)C2=CC3(C2)CN(S(=O)NC=O)C3)C1. The number of hydrogen-bond acceptors (Lipinski definition) is 5. The molecule has 3 aliphatic rings. The number of carbonyl (C=O) groups excluding carboxylic acids is 1. The van der Waals surface area contributed by atoms with E-state index in [2.05, 4.69) is 66.8 Å². The summed E-state index contributed by atoms with van der Waals surface area (Å²) < 4.78 is 28.8. The molecule has 4 atom stereocenters. The molecule has 0 saturated carbocycles. The van der Waals surface area contributed by atoms with E-state index in [0.717, 1.165) is 56.0 Å². The second kappa shape index (κ2) is 13.5. The van der Waals surface area contributed by atoms with Gasteiger partial charge in [0.2, 0.25) is 6.41 Å². The number of ether oxygens (including phenoxy) is 2. The Kier molecular flexibility index (Phi) is 9.98. The third kappa shape index (κ3) is 6.57. The van der Waals surface area contributed by atoms with Gasteiger partial charge >= 0.3 is 0 Å². The van der Waals surface area contributed by atoms with Crippen LogP contribution >= 0.6 is 11.6 Å². The number of fused-ring (bicyclic) bond motifs is 1. The molecule has 9 heteroatoms. The van der Waals surface area contributed by atoms with Crippen LogP contribution < -0.4 is 14.4 Å². The molecule has 2 aliphatic heterocycles. The average molecular weight is 614 g/mol. The monoisotopic (exact) mass is 613 g/mol. The number of methoxy groups -OCH3 is 1. The van der Waals surface area contributed by atoms with Gasteiger partial charge in [-0.05, 0) is 78.6 Å². The summed E-state index contributed by atoms with van der Waals surface area (Å²) in [6.45, 7) is 10.4. The van der Waals surface area contributed by atoms with Gasteiger partial charge in [0.1, 0.15) is 5.75 Å². The van der Waals surface area contributed by atoms with Gasteiger partial charge in [-0.15, -0.1) is 0 Å². The minimum Gasteiger partial charge on any atom is -0.491 e. The highest BCUT2D eigenvalue weighted by atomic mass is 35.5. The van der Waals surface area contributed by atoms with E-state index in [9.17, 15) is 9.00 Å². The van der Waals surface area contributed by atoms with Crippen molar-refractivity contribution in [3.8, 4) is 5.75 Å². The van der Waals surface area contributed by atoms with E-state index in [0.29, 0.717) is 32.0 Å². The Labute approximate surface area is 258 Å². The van der Waals surface area contributed by atoms with Crippen LogP contribution in [0, 0.1) is 18.3 Å². The third-order valence-corrected chi connectivity index (χ3v) is 10.4. The predicted octanol–water partition coefficient (Wildman–Crippen LogP) is 5.97. The van der Waals surface area contributed by atoms with Crippen LogP contribution in [0.4, 0.5) is 5.69 Å². The lowest BCUT2D eigenvalue weighted by molar-refractivity contribution is -0.108. The topological polar surface area (TPSA) is 71.1 Å². The largest absolute Gasteiger partial charge is 0.491 e. The highest BCUT2D eigenvalue weighted by molar-refractivity contribution is 7.81. The minimum absolute atomic E-state index is 0.0607. The Morgan fingerprint density at radius 2 is 2.02 bits per heavy atom. The number of benzene rings is 2. The lowest BCUT2D eigenvalue weighted by Crippen LogP contribution is -2.61. The molecular formula is C33H44ClN3O4S. The molecule has 7 nitrogen and oxygen atoms in total. The smallest absolute Gasteiger partial charge is 0.219 e. The van der Waals surface area contributed by atoms with Gasteiger partial charge in [-0.25, -0.2) is 8.51 Å². The van der Waals surface area contributed by atoms with Gasteiger partial charge in [0.15, 0.2) is 11.2 Å². The maximum absolute atomic E-state index is 12.1. The third-order valence-electron chi connectivity index (χ3n) is 9.16. The summed E-state index contributed by atoms with van der Waals surface area (Å²) in [5, 5.41) is 0.788. The van der Waals surface area contributed by atoms with Crippen molar-refractivity contribution in [3.05, 3.63) is 69.8 Å². The Morgan fingerprint density at radius 3 is 2.71 bits per heavy atom. The molecule has 0 radical (unpaired) electrons. The van der Waals surface area contributed by atoms with Crippen LogP contribution in [0.3, 0.4) is 0 Å². The second-order valence-electron chi connectivity index (χ2n) is 12.2. The molecule has 0 bridgehead atoms. The van der Waals surface area contributed by atoms with E-state index in [1.807, 2.05) is 13.2 Å². The zero-order chi connectivity index (χ0) is 29.9. The number of hydrogen-bond donors (Lipinski definition) is 1. The van der Waals surface area contributed by atoms with Gasteiger partial charge in [-0.1, -0.05) is 56.5 Å². The summed E-state index contributed by atoms with van der Waals surface area (Å²) in [6.07, 6.45) is 7.95. The second-order valence-corrected chi connectivity index (χ2v) is 13.9. The fourth-order valence-electron chi connectivity index (χ4n) is 7.05. The molecule has 2 heterocycles. The van der Waals surface area contributed by atoms with Crippen molar-refractivity contribution in [2.24, 2.45) is 11.3 Å². The van der Waals surface area contributed by atoms with E-state index in [-0.39, 0.29) is 17.4 Å². The molecule has 228 valence electrons. The first-order valence-electron chi connectivity index (χ1n) is 15.2. The van der Waals surface area contributed by atoms with E-state index >= 15 is 0 Å². The summed E-state index contributed by atoms with van der Waals surface area (Å²) in [6, 6.07) is 12.8. The molecule has 1 aliphatic carbocycles. The first-order valence-corrected chi connectivity index (χ1v) is 16.7. The average Bonchev–Trinajstić information content (AvgIpc) is 3.10. The Balaban J connectivity index is 1.31. The van der Waals surface area contributed by atoms with Crippen molar-refractivity contribution in [1.29, 1.82) is 0 Å². The molecule has 0 aromatic heterocycles. The summed E-state index contributed by atoms with van der Waals surface area (Å²) in [5.74, 6) is 1.57. The van der Waals surface area contributed by atoms with Gasteiger partial charge in [0.25, 0.3) is 0 Å². The Hall–Kier alpha value is -2.39. The van der Waals surface area contributed by atoms with Crippen molar-refractivity contribution in [2.75, 3.05) is 44.8 Å². The first kappa shape index (κ1) is 31.0. The number of rotatable bonds is 13. The number of aryl methyl sites for hydroxylation is 2. The normalized spacial score (nSPS) is 21.6. The lowest BCUT2D eigenvalue weighted by atomic mass is 9.64. The predicted molar refractivity (Wildman–Crippen MR) is 170 cm³/mol. The number of amides is 1. The molecule has 2 aromatic rings. The molecule has 1 amide bonds. The Bertz CT molecular complexity index is 1330. The van der Waals surface area contributed by atoms with Gasteiger partial charge in [-0.2, -0.15) is 0 Å². The highest BCUT2D eigenvalue weighted by Gasteiger charge is 2.51. The minimum atomic E-state index is -1.44. The molecule has 1 saturated heterocycles. The van der Waals surface area contributed by atoms with Gasteiger partial charge in [-0.3, -0.25) is 9.52 Å². The number of halogens is 1. The van der Waals surface area contributed by atoms with Crippen LogP contribution in [-0.4, -0.2) is 60.9 Å². The first-order chi connectivity index (χ1) is 20.3. The zero-order valence-corrected chi connectivity index (χ0v) is 26.8. The van der Waals surface area contributed by atoms with Gasteiger partial charge in [0, 0.05) is 49.6 Å². The molecular weight excluding hydrogens is 570 g/mol. The maximum atomic E-state index is 12.1. The van der Waals surface area contributed by atoms with E-state index in [1.165, 1.54) is 28.0 Å². The molecule has 4 unspecified atom stereocenters. The van der Waals surface area contributed by atoms with Gasteiger partial charge in [0.05, 0.1) is 18.4 Å². The molecule has 42 heavy (non-hydrogen) atoms. The van der Waals surface area contributed by atoms with E-state index in [4.69, 9.17) is 21.1 Å². The van der Waals surface area contributed by atoms with Crippen LogP contribution in [0.15, 0.2) is 48.0 Å². The summed E-state index contributed by atoms with van der Waals surface area (Å²) in [5.41, 5.74) is 6.45. The van der Waals surface area contributed by atoms with E-state index in [1.54, 1.807) is 4.31 Å². The standard InChI is InChI=1S/C33H44ClN3O4S/c1-5-7-25-15-28(34)9-10-29(25)27-18-36(30-14-23(3)8-11-31(30)41-19-27)13-12-24(6-2)32(40-4)26-16-33(17-26)20-37(21-33)42(39)35-22-38/h8-11,14-16,22,24,27,32H,5-7,12-13,17-21H2,1-4H3,(H,35,38). The number of anilines is 1. The van der Waals surface area contributed by atoms with Gasteiger partial charge < -0.3 is 14.4 Å². The molecule has 1 spiro atoms. The molecule has 2 aromatic carbocycles. The van der Waals surface area contributed by atoms with Crippen LogP contribution in [-0.2, 0) is 27.1 Å². The Morgan fingerprint density at radius 1 is 1.24 bits per heavy atom. The molecule has 5 rings (SSSR count).